The summed E-state index contributed by atoms with van der Waals surface area (Å²) in [5.74, 6) is 0. The summed E-state index contributed by atoms with van der Waals surface area (Å²) < 4.78 is 15.2. The summed E-state index contributed by atoms with van der Waals surface area (Å²) in [7, 11) is 0. The molecule has 0 spiro atoms. The standard InChI is InChI=1S/C30H16Br2O2/c31-19-11-13-23-21(15-19)27-25(17-7-3-1-4-8-17)28-22-16-20(32)12-14-24(22)34-30(28)26(29(27)33-23)18-9-5-2-6-10-18/h1-16H. The van der Waals surface area contributed by atoms with E-state index in [2.05, 4.69) is 92.5 Å². The van der Waals surface area contributed by atoms with Gasteiger partial charge in [0.25, 0.3) is 0 Å². The van der Waals surface area contributed by atoms with Crippen LogP contribution < -0.4 is 0 Å². The highest BCUT2D eigenvalue weighted by Crippen LogP contribution is 2.50. The van der Waals surface area contributed by atoms with Gasteiger partial charge >= 0.3 is 0 Å². The second-order valence-electron chi connectivity index (χ2n) is 8.38. The summed E-state index contributed by atoms with van der Waals surface area (Å²) in [6.45, 7) is 0. The minimum absolute atomic E-state index is 0.837. The first-order chi connectivity index (χ1) is 16.7. The maximum absolute atomic E-state index is 6.59. The molecule has 5 aromatic carbocycles. The maximum atomic E-state index is 6.59. The lowest BCUT2D eigenvalue weighted by Crippen LogP contribution is -1.87. The number of furan rings is 2. The molecule has 2 heterocycles. The van der Waals surface area contributed by atoms with E-state index < -0.39 is 0 Å². The van der Waals surface area contributed by atoms with Crippen LogP contribution in [-0.4, -0.2) is 0 Å². The van der Waals surface area contributed by atoms with E-state index in [1.165, 1.54) is 0 Å². The third kappa shape index (κ3) is 2.92. The minimum Gasteiger partial charge on any atom is -0.455 e. The molecule has 0 bridgehead atoms. The second-order valence-corrected chi connectivity index (χ2v) is 10.2. The van der Waals surface area contributed by atoms with Gasteiger partial charge in [-0.05, 0) is 47.5 Å². The van der Waals surface area contributed by atoms with Crippen LogP contribution in [0.1, 0.15) is 0 Å². The van der Waals surface area contributed by atoms with E-state index in [9.17, 15) is 0 Å². The summed E-state index contributed by atoms with van der Waals surface area (Å²) in [5.41, 5.74) is 7.67. The average Bonchev–Trinajstić information content (AvgIpc) is 3.41. The molecule has 0 N–H and O–H groups in total. The Bertz CT molecular complexity index is 1770. The molecule has 162 valence electrons. The second kappa shape index (κ2) is 7.59. The van der Waals surface area contributed by atoms with Crippen LogP contribution in [0.3, 0.4) is 0 Å². The van der Waals surface area contributed by atoms with Gasteiger partial charge in [-0.15, -0.1) is 0 Å². The van der Waals surface area contributed by atoms with Gasteiger partial charge in [0.2, 0.25) is 0 Å². The number of fused-ring (bicyclic) bond motifs is 6. The van der Waals surface area contributed by atoms with Crippen LogP contribution in [0.2, 0.25) is 0 Å². The molecule has 0 saturated heterocycles. The molecule has 0 saturated carbocycles. The van der Waals surface area contributed by atoms with Crippen molar-refractivity contribution in [3.8, 4) is 22.3 Å². The molecule has 2 nitrogen and oxygen atoms in total. The van der Waals surface area contributed by atoms with Crippen LogP contribution in [0.5, 0.6) is 0 Å². The van der Waals surface area contributed by atoms with Gasteiger partial charge in [-0.2, -0.15) is 0 Å². The summed E-state index contributed by atoms with van der Waals surface area (Å²) in [6, 6.07) is 33.3. The molecule has 34 heavy (non-hydrogen) atoms. The zero-order chi connectivity index (χ0) is 22.8. The van der Waals surface area contributed by atoms with Gasteiger partial charge in [-0.1, -0.05) is 92.5 Å². The summed E-state index contributed by atoms with van der Waals surface area (Å²) in [4.78, 5) is 0. The molecule has 0 atom stereocenters. The van der Waals surface area contributed by atoms with Crippen molar-refractivity contribution in [3.63, 3.8) is 0 Å². The normalized spacial score (nSPS) is 11.8. The number of rotatable bonds is 2. The quantitative estimate of drug-likeness (QED) is 0.208. The fraction of sp³-hybridized carbons (Fsp3) is 0. The Balaban J connectivity index is 1.84. The zero-order valence-electron chi connectivity index (χ0n) is 17.8. The Morgan fingerprint density at radius 3 is 1.38 bits per heavy atom. The highest BCUT2D eigenvalue weighted by molar-refractivity contribution is 9.10. The lowest BCUT2D eigenvalue weighted by Gasteiger charge is -2.11. The third-order valence-corrected chi connectivity index (χ3v) is 7.37. The molecule has 0 amide bonds. The van der Waals surface area contributed by atoms with Gasteiger partial charge in [-0.25, -0.2) is 0 Å². The Morgan fingerprint density at radius 2 is 0.912 bits per heavy atom. The van der Waals surface area contributed by atoms with Crippen LogP contribution in [0.15, 0.2) is 115 Å². The summed E-state index contributed by atoms with van der Waals surface area (Å²) >= 11 is 7.34. The molecular weight excluding hydrogens is 552 g/mol. The molecule has 0 radical (unpaired) electrons. The Kier molecular flexibility index (Phi) is 4.48. The molecular formula is C30H16Br2O2. The van der Waals surface area contributed by atoms with E-state index in [0.29, 0.717) is 0 Å². The van der Waals surface area contributed by atoms with Crippen molar-refractivity contribution in [2.24, 2.45) is 0 Å². The van der Waals surface area contributed by atoms with Crippen LogP contribution in [0.25, 0.3) is 66.1 Å². The Morgan fingerprint density at radius 1 is 0.471 bits per heavy atom. The molecule has 0 aliphatic carbocycles. The van der Waals surface area contributed by atoms with Crippen molar-refractivity contribution in [1.82, 2.24) is 0 Å². The van der Waals surface area contributed by atoms with E-state index in [-0.39, 0.29) is 0 Å². The monoisotopic (exact) mass is 566 g/mol. The fourth-order valence-electron chi connectivity index (χ4n) is 4.98. The highest BCUT2D eigenvalue weighted by atomic mass is 79.9. The zero-order valence-corrected chi connectivity index (χ0v) is 21.0. The van der Waals surface area contributed by atoms with Crippen molar-refractivity contribution in [2.45, 2.75) is 0 Å². The van der Waals surface area contributed by atoms with Gasteiger partial charge < -0.3 is 8.83 Å². The molecule has 0 aliphatic heterocycles. The van der Waals surface area contributed by atoms with Crippen molar-refractivity contribution in [2.75, 3.05) is 0 Å². The van der Waals surface area contributed by atoms with Crippen LogP contribution >= 0.6 is 31.9 Å². The predicted molar refractivity (Wildman–Crippen MR) is 147 cm³/mol. The third-order valence-electron chi connectivity index (χ3n) is 6.38. The molecule has 0 fully saturated rings. The minimum atomic E-state index is 0.837. The first-order valence-electron chi connectivity index (χ1n) is 11.0. The smallest absolute Gasteiger partial charge is 0.147 e. The van der Waals surface area contributed by atoms with E-state index >= 15 is 0 Å². The Hall–Kier alpha value is -3.34. The summed E-state index contributed by atoms with van der Waals surface area (Å²) in [5, 5.41) is 4.34. The lowest BCUT2D eigenvalue weighted by atomic mass is 9.90. The number of benzene rings is 5. The number of hydrogen-bond donors (Lipinski definition) is 0. The lowest BCUT2D eigenvalue weighted by molar-refractivity contribution is 0.658. The SMILES string of the molecule is Brc1ccc2oc3c(-c4ccccc4)c4oc5ccc(Br)cc5c4c(-c4ccccc4)c3c2c1. The fourth-order valence-corrected chi connectivity index (χ4v) is 5.70. The van der Waals surface area contributed by atoms with Crippen molar-refractivity contribution < 1.29 is 8.83 Å². The number of halogens is 2. The van der Waals surface area contributed by atoms with E-state index in [0.717, 1.165) is 75.1 Å². The predicted octanol–water partition coefficient (Wildman–Crippen LogP) is 10.3. The average molecular weight is 568 g/mol. The van der Waals surface area contributed by atoms with Gasteiger partial charge in [-0.3, -0.25) is 0 Å². The molecule has 7 aromatic rings. The maximum Gasteiger partial charge on any atom is 0.147 e. The van der Waals surface area contributed by atoms with E-state index in [1.807, 2.05) is 36.4 Å². The summed E-state index contributed by atoms with van der Waals surface area (Å²) in [6.07, 6.45) is 0. The first-order valence-corrected chi connectivity index (χ1v) is 12.6. The molecule has 0 unspecified atom stereocenters. The van der Waals surface area contributed by atoms with Crippen LogP contribution in [0, 0.1) is 0 Å². The van der Waals surface area contributed by atoms with E-state index in [4.69, 9.17) is 8.83 Å². The molecule has 4 heteroatoms. The van der Waals surface area contributed by atoms with Gasteiger partial charge in [0.15, 0.2) is 0 Å². The van der Waals surface area contributed by atoms with Crippen LogP contribution in [0.4, 0.5) is 0 Å². The van der Waals surface area contributed by atoms with Crippen LogP contribution in [-0.2, 0) is 0 Å². The van der Waals surface area contributed by atoms with Crippen molar-refractivity contribution >= 4 is 75.7 Å². The number of hydrogen-bond acceptors (Lipinski definition) is 2. The molecule has 7 rings (SSSR count). The van der Waals surface area contributed by atoms with Gasteiger partial charge in [0.05, 0.1) is 5.56 Å². The Labute approximate surface area is 212 Å². The van der Waals surface area contributed by atoms with Gasteiger partial charge in [0, 0.05) is 36.1 Å². The topological polar surface area (TPSA) is 26.3 Å². The molecule has 0 aliphatic rings. The highest BCUT2D eigenvalue weighted by Gasteiger charge is 2.26. The van der Waals surface area contributed by atoms with E-state index in [1.54, 1.807) is 0 Å². The van der Waals surface area contributed by atoms with Crippen molar-refractivity contribution in [1.29, 1.82) is 0 Å². The van der Waals surface area contributed by atoms with Gasteiger partial charge in [0.1, 0.15) is 22.3 Å². The van der Waals surface area contributed by atoms with Crippen molar-refractivity contribution in [3.05, 3.63) is 106 Å². The molecule has 2 aromatic heterocycles. The first kappa shape index (κ1) is 20.1. The largest absolute Gasteiger partial charge is 0.455 e.